The molecule has 0 bridgehead atoms. The molecule has 0 saturated heterocycles. The molecule has 1 amide bonds. The molecular formula is C20H20FN3O2. The van der Waals surface area contributed by atoms with Crippen LogP contribution in [0.5, 0.6) is 5.75 Å². The average molecular weight is 353 g/mol. The third kappa shape index (κ3) is 4.47. The van der Waals surface area contributed by atoms with Gasteiger partial charge < -0.3 is 9.64 Å². The molecule has 0 aliphatic rings. The summed E-state index contributed by atoms with van der Waals surface area (Å²) in [6.07, 6.45) is 0.775. The van der Waals surface area contributed by atoms with Crippen molar-refractivity contribution in [3.63, 3.8) is 0 Å². The highest BCUT2D eigenvalue weighted by Gasteiger charge is 2.15. The summed E-state index contributed by atoms with van der Waals surface area (Å²) in [5.41, 5.74) is 2.09. The number of benzene rings is 2. The van der Waals surface area contributed by atoms with Crippen molar-refractivity contribution < 1.29 is 13.9 Å². The third-order valence-corrected chi connectivity index (χ3v) is 4.00. The van der Waals surface area contributed by atoms with Gasteiger partial charge in [-0.25, -0.2) is 4.39 Å². The Morgan fingerprint density at radius 1 is 1.15 bits per heavy atom. The summed E-state index contributed by atoms with van der Waals surface area (Å²) in [7, 11) is 1.75. The van der Waals surface area contributed by atoms with E-state index in [0.29, 0.717) is 17.9 Å². The number of aromatic nitrogens is 2. The predicted molar refractivity (Wildman–Crippen MR) is 96.4 cm³/mol. The van der Waals surface area contributed by atoms with Crippen LogP contribution in [-0.4, -0.2) is 34.6 Å². The zero-order valence-corrected chi connectivity index (χ0v) is 14.5. The normalized spacial score (nSPS) is 10.5. The zero-order chi connectivity index (χ0) is 18.4. The second kappa shape index (κ2) is 8.29. The lowest BCUT2D eigenvalue weighted by molar-refractivity contribution is 0.0791. The van der Waals surface area contributed by atoms with Crippen LogP contribution in [0.1, 0.15) is 21.7 Å². The van der Waals surface area contributed by atoms with Crippen LogP contribution in [0.3, 0.4) is 0 Å². The number of rotatable bonds is 7. The first kappa shape index (κ1) is 17.7. The summed E-state index contributed by atoms with van der Waals surface area (Å²) < 4.78 is 19.0. The maximum absolute atomic E-state index is 13.5. The topological polar surface area (TPSA) is 58.2 Å². The van der Waals surface area contributed by atoms with Gasteiger partial charge in [-0.2, -0.15) is 5.10 Å². The van der Waals surface area contributed by atoms with Gasteiger partial charge in [-0.05, 0) is 30.2 Å². The second-order valence-corrected chi connectivity index (χ2v) is 5.96. The minimum absolute atomic E-state index is 0.106. The minimum Gasteiger partial charge on any atom is -0.484 e. The first-order chi connectivity index (χ1) is 12.6. The molecule has 6 heteroatoms. The van der Waals surface area contributed by atoms with Gasteiger partial charge in [0.2, 0.25) is 0 Å². The van der Waals surface area contributed by atoms with Crippen LogP contribution in [-0.2, 0) is 13.0 Å². The molecule has 1 N–H and O–H groups in total. The fourth-order valence-corrected chi connectivity index (χ4v) is 2.50. The number of likely N-dealkylation sites (N-methyl/N-ethyl adjacent to an activating group) is 1. The van der Waals surface area contributed by atoms with Gasteiger partial charge in [0.25, 0.3) is 5.91 Å². The number of ether oxygens (including phenoxy) is 1. The quantitative estimate of drug-likeness (QED) is 0.708. The second-order valence-electron chi connectivity index (χ2n) is 5.96. The van der Waals surface area contributed by atoms with E-state index in [4.69, 9.17) is 4.74 Å². The maximum atomic E-state index is 13.5. The molecule has 134 valence electrons. The summed E-state index contributed by atoms with van der Waals surface area (Å²) in [4.78, 5) is 14.1. The van der Waals surface area contributed by atoms with Crippen LogP contribution in [0, 0.1) is 5.82 Å². The number of para-hydroxylation sites is 1. The molecule has 26 heavy (non-hydrogen) atoms. The number of amides is 1. The van der Waals surface area contributed by atoms with Crippen molar-refractivity contribution in [2.75, 3.05) is 13.6 Å². The van der Waals surface area contributed by atoms with Crippen molar-refractivity contribution in [1.82, 2.24) is 15.1 Å². The minimum atomic E-state index is -0.427. The molecule has 0 aliphatic carbocycles. The Morgan fingerprint density at radius 3 is 2.65 bits per heavy atom. The Bertz CT molecular complexity index is 864. The van der Waals surface area contributed by atoms with Crippen LogP contribution in [0.2, 0.25) is 0 Å². The summed E-state index contributed by atoms with van der Waals surface area (Å²) in [5.74, 6) is -0.437. The highest BCUT2D eigenvalue weighted by atomic mass is 19.1. The van der Waals surface area contributed by atoms with Crippen LogP contribution >= 0.6 is 0 Å². The Morgan fingerprint density at radius 2 is 1.88 bits per heavy atom. The van der Waals surface area contributed by atoms with Crippen molar-refractivity contribution in [1.29, 1.82) is 0 Å². The molecule has 5 nitrogen and oxygen atoms in total. The first-order valence-electron chi connectivity index (χ1n) is 8.34. The molecule has 2 aromatic carbocycles. The van der Waals surface area contributed by atoms with E-state index < -0.39 is 5.82 Å². The van der Waals surface area contributed by atoms with Gasteiger partial charge in [0.05, 0.1) is 5.69 Å². The SMILES string of the molecule is CN(CCc1ccccc1)C(=O)c1cc(COc2ccccc2F)[nH]n1. The van der Waals surface area contributed by atoms with Crippen molar-refractivity contribution in [3.8, 4) is 5.75 Å². The van der Waals surface area contributed by atoms with E-state index in [1.165, 1.54) is 11.6 Å². The predicted octanol–water partition coefficient (Wildman–Crippen LogP) is 3.44. The molecule has 3 rings (SSSR count). The van der Waals surface area contributed by atoms with Gasteiger partial charge in [-0.15, -0.1) is 0 Å². The maximum Gasteiger partial charge on any atom is 0.274 e. The van der Waals surface area contributed by atoms with E-state index in [-0.39, 0.29) is 18.3 Å². The van der Waals surface area contributed by atoms with E-state index in [0.717, 1.165) is 6.42 Å². The van der Waals surface area contributed by atoms with Crippen molar-refractivity contribution in [2.24, 2.45) is 0 Å². The lowest BCUT2D eigenvalue weighted by Gasteiger charge is -2.15. The smallest absolute Gasteiger partial charge is 0.274 e. The van der Waals surface area contributed by atoms with Gasteiger partial charge in [0.15, 0.2) is 17.3 Å². The average Bonchev–Trinajstić information content (AvgIpc) is 3.14. The zero-order valence-electron chi connectivity index (χ0n) is 14.5. The van der Waals surface area contributed by atoms with Gasteiger partial charge in [-0.1, -0.05) is 42.5 Å². The number of nitrogens with one attached hydrogen (secondary N) is 1. The molecule has 1 aromatic heterocycles. The number of hydrogen-bond acceptors (Lipinski definition) is 3. The van der Waals surface area contributed by atoms with Crippen molar-refractivity contribution >= 4 is 5.91 Å². The third-order valence-electron chi connectivity index (χ3n) is 4.00. The first-order valence-corrected chi connectivity index (χ1v) is 8.34. The summed E-state index contributed by atoms with van der Waals surface area (Å²) in [6, 6.07) is 17.8. The van der Waals surface area contributed by atoms with E-state index in [1.54, 1.807) is 36.2 Å². The summed E-state index contributed by atoms with van der Waals surface area (Å²) in [5, 5.41) is 6.80. The Balaban J connectivity index is 1.54. The highest BCUT2D eigenvalue weighted by molar-refractivity contribution is 5.92. The molecule has 1 heterocycles. The molecule has 0 unspecified atom stereocenters. The Kier molecular flexibility index (Phi) is 5.63. The van der Waals surface area contributed by atoms with E-state index in [1.807, 2.05) is 30.3 Å². The monoisotopic (exact) mass is 353 g/mol. The van der Waals surface area contributed by atoms with Gasteiger partial charge >= 0.3 is 0 Å². The number of halogens is 1. The van der Waals surface area contributed by atoms with E-state index in [9.17, 15) is 9.18 Å². The number of nitrogens with zero attached hydrogens (tertiary/aromatic N) is 2. The summed E-state index contributed by atoms with van der Waals surface area (Å²) >= 11 is 0. The molecule has 0 radical (unpaired) electrons. The molecule has 0 saturated carbocycles. The van der Waals surface area contributed by atoms with Crippen molar-refractivity contribution in [3.05, 3.63) is 83.4 Å². The van der Waals surface area contributed by atoms with Crippen LogP contribution < -0.4 is 4.74 Å². The number of carbonyl (C=O) groups is 1. The number of H-pyrrole nitrogens is 1. The molecule has 0 atom stereocenters. The van der Waals surface area contributed by atoms with Gasteiger partial charge in [0, 0.05) is 13.6 Å². The van der Waals surface area contributed by atoms with Crippen LogP contribution in [0.25, 0.3) is 0 Å². The standard InChI is InChI=1S/C20H20FN3O2/c1-24(12-11-15-7-3-2-4-8-15)20(25)18-13-16(22-23-18)14-26-19-10-6-5-9-17(19)21/h2-10,13H,11-12,14H2,1H3,(H,22,23). The molecule has 0 aliphatic heterocycles. The largest absolute Gasteiger partial charge is 0.484 e. The van der Waals surface area contributed by atoms with E-state index in [2.05, 4.69) is 10.2 Å². The van der Waals surface area contributed by atoms with Gasteiger partial charge in [-0.3, -0.25) is 9.89 Å². The molecule has 3 aromatic rings. The molecule has 0 fully saturated rings. The van der Waals surface area contributed by atoms with Crippen LogP contribution in [0.15, 0.2) is 60.7 Å². The van der Waals surface area contributed by atoms with E-state index >= 15 is 0 Å². The van der Waals surface area contributed by atoms with Crippen LogP contribution in [0.4, 0.5) is 4.39 Å². The van der Waals surface area contributed by atoms with Crippen molar-refractivity contribution in [2.45, 2.75) is 13.0 Å². The Labute approximate surface area is 151 Å². The number of aromatic amines is 1. The summed E-state index contributed by atoms with van der Waals surface area (Å²) in [6.45, 7) is 0.700. The number of carbonyl (C=O) groups excluding carboxylic acids is 1. The van der Waals surface area contributed by atoms with Gasteiger partial charge in [0.1, 0.15) is 6.61 Å². The number of hydrogen-bond donors (Lipinski definition) is 1. The fraction of sp³-hybridized carbons (Fsp3) is 0.200. The lowest BCUT2D eigenvalue weighted by Crippen LogP contribution is -2.29. The molecular weight excluding hydrogens is 333 g/mol. The Hall–Kier alpha value is -3.15. The molecule has 0 spiro atoms. The fourth-order valence-electron chi connectivity index (χ4n) is 2.50. The highest BCUT2D eigenvalue weighted by Crippen LogP contribution is 2.17. The lowest BCUT2D eigenvalue weighted by atomic mass is 10.1.